The van der Waals surface area contributed by atoms with Crippen LogP contribution in [0.25, 0.3) is 0 Å². The third-order valence-electron chi connectivity index (χ3n) is 7.55. The SMILES string of the molecule is C[n+]1c([C@@H](COCc2ccccc2)NC(=O)C(C)(C)C)nnn1SCc1ccccc1C#N.C[n+]1c([C@H](N)COCc2ccccc2)nnn1S. The summed E-state index contributed by atoms with van der Waals surface area (Å²) in [7, 11) is 3.63. The molecule has 0 saturated carbocycles. The van der Waals surface area contributed by atoms with Crippen LogP contribution < -0.4 is 20.4 Å². The molecule has 2 heterocycles. The number of carbonyl (C=O) groups excluding carboxylic acids is 1. The van der Waals surface area contributed by atoms with Crippen LogP contribution in [0, 0.1) is 16.7 Å². The number of amides is 1. The Morgan fingerprint density at radius 1 is 0.902 bits per heavy atom. The molecule has 0 fully saturated rings. The number of benzene rings is 3. The summed E-state index contributed by atoms with van der Waals surface area (Å²) < 4.78 is 17.9. The average Bonchev–Trinajstić information content (AvgIpc) is 3.67. The van der Waals surface area contributed by atoms with Gasteiger partial charge in [-0.05, 0) is 22.8 Å². The molecular weight excluding hydrogens is 687 g/mol. The molecule has 2 aromatic heterocycles. The average molecular weight is 732 g/mol. The largest absolute Gasteiger partial charge is 0.375 e. The molecule has 0 bridgehead atoms. The van der Waals surface area contributed by atoms with Crippen molar-refractivity contribution in [3.8, 4) is 6.07 Å². The lowest BCUT2D eigenvalue weighted by Crippen LogP contribution is -2.47. The predicted molar refractivity (Wildman–Crippen MR) is 194 cm³/mol. The van der Waals surface area contributed by atoms with Gasteiger partial charge in [0.25, 0.3) is 0 Å². The van der Waals surface area contributed by atoms with Crippen molar-refractivity contribution in [1.82, 2.24) is 34.3 Å². The Bertz CT molecular complexity index is 1870. The van der Waals surface area contributed by atoms with Crippen LogP contribution in [-0.2, 0) is 47.3 Å². The zero-order chi connectivity index (χ0) is 36.8. The number of thiol groups is 1. The van der Waals surface area contributed by atoms with E-state index in [9.17, 15) is 10.1 Å². The molecule has 0 unspecified atom stereocenters. The van der Waals surface area contributed by atoms with Gasteiger partial charge >= 0.3 is 11.6 Å². The Hall–Kier alpha value is -4.66. The maximum atomic E-state index is 12.7. The molecule has 5 aromatic rings. The molecule has 3 N–H and O–H groups in total. The number of tetrazole rings is 2. The van der Waals surface area contributed by atoms with Gasteiger partial charge in [-0.15, -0.1) is 0 Å². The first-order valence-electron chi connectivity index (χ1n) is 16.2. The summed E-state index contributed by atoms with van der Waals surface area (Å²) in [5.74, 6) is 1.69. The second kappa shape index (κ2) is 19.1. The predicted octanol–water partition coefficient (Wildman–Crippen LogP) is 3.10. The maximum Gasteiger partial charge on any atom is 0.326 e. The summed E-state index contributed by atoms with van der Waals surface area (Å²) >= 11 is 5.49. The van der Waals surface area contributed by atoms with E-state index in [1.807, 2.05) is 107 Å². The molecule has 0 aliphatic carbocycles. The highest BCUT2D eigenvalue weighted by atomic mass is 32.2. The Morgan fingerprint density at radius 2 is 1.47 bits per heavy atom. The molecule has 14 nitrogen and oxygen atoms in total. The minimum atomic E-state index is -0.554. The van der Waals surface area contributed by atoms with Crippen molar-refractivity contribution in [1.29, 1.82) is 5.26 Å². The Kier molecular flexibility index (Phi) is 14.6. The highest BCUT2D eigenvalue weighted by Gasteiger charge is 2.32. The lowest BCUT2D eigenvalue weighted by molar-refractivity contribution is -0.748. The van der Waals surface area contributed by atoms with E-state index in [0.29, 0.717) is 42.8 Å². The van der Waals surface area contributed by atoms with Crippen molar-refractivity contribution in [2.45, 2.75) is 51.8 Å². The first kappa shape index (κ1) is 39.1. The van der Waals surface area contributed by atoms with Crippen molar-refractivity contribution in [2.24, 2.45) is 25.2 Å². The number of nitrogens with zero attached hydrogens (tertiary/aromatic N) is 9. The minimum absolute atomic E-state index is 0.0963. The first-order chi connectivity index (χ1) is 24.5. The number of nitrogens with two attached hydrogens (primary N) is 1. The van der Waals surface area contributed by atoms with Gasteiger partial charge in [-0.3, -0.25) is 4.79 Å². The Morgan fingerprint density at radius 3 is 2.04 bits per heavy atom. The highest BCUT2D eigenvalue weighted by molar-refractivity contribution is 7.96. The van der Waals surface area contributed by atoms with Crippen molar-refractivity contribution >= 4 is 30.7 Å². The van der Waals surface area contributed by atoms with Gasteiger partial charge < -0.3 is 20.5 Å². The normalized spacial score (nSPS) is 12.4. The number of ether oxygens (including phenoxy) is 2. The zero-order valence-corrected chi connectivity index (χ0v) is 31.2. The summed E-state index contributed by atoms with van der Waals surface area (Å²) in [6, 6.07) is 28.7. The maximum absolute atomic E-state index is 12.7. The van der Waals surface area contributed by atoms with Crippen LogP contribution in [0.15, 0.2) is 84.9 Å². The molecule has 5 rings (SSSR count). The minimum Gasteiger partial charge on any atom is -0.375 e. The van der Waals surface area contributed by atoms with Gasteiger partial charge in [-0.2, -0.15) is 14.6 Å². The van der Waals surface area contributed by atoms with Gasteiger partial charge in [0.15, 0.2) is 10.4 Å². The monoisotopic (exact) mass is 731 g/mol. The van der Waals surface area contributed by atoms with Crippen LogP contribution in [0.1, 0.15) is 66.8 Å². The molecule has 0 radical (unpaired) electrons. The molecule has 0 saturated heterocycles. The van der Waals surface area contributed by atoms with E-state index in [4.69, 9.17) is 15.2 Å². The van der Waals surface area contributed by atoms with E-state index >= 15 is 0 Å². The van der Waals surface area contributed by atoms with Gasteiger partial charge in [0.2, 0.25) is 5.91 Å². The topological polar surface area (TPSA) is 167 Å². The quantitative estimate of drug-likeness (QED) is 0.114. The van der Waals surface area contributed by atoms with E-state index < -0.39 is 11.5 Å². The fourth-order valence-electron chi connectivity index (χ4n) is 4.58. The number of nitriles is 1. The van der Waals surface area contributed by atoms with Crippen LogP contribution in [-0.4, -0.2) is 48.1 Å². The lowest BCUT2D eigenvalue weighted by Gasteiger charge is -2.22. The molecule has 2 atom stereocenters. The van der Waals surface area contributed by atoms with Crippen molar-refractivity contribution in [2.75, 3.05) is 13.2 Å². The van der Waals surface area contributed by atoms with Gasteiger partial charge in [0.05, 0.1) is 52.2 Å². The molecule has 3 aromatic carbocycles. The third-order valence-corrected chi connectivity index (χ3v) is 8.88. The van der Waals surface area contributed by atoms with E-state index in [-0.39, 0.29) is 18.6 Å². The van der Waals surface area contributed by atoms with E-state index in [1.54, 1.807) is 26.7 Å². The van der Waals surface area contributed by atoms with Crippen LogP contribution in [0.2, 0.25) is 0 Å². The summed E-state index contributed by atoms with van der Waals surface area (Å²) in [6.07, 6.45) is 0. The smallest absolute Gasteiger partial charge is 0.326 e. The molecular formula is C35H45N11O3S2+2. The fraction of sp³-hybridized carbons (Fsp3) is 0.371. The molecule has 268 valence electrons. The number of carbonyl (C=O) groups is 1. The van der Waals surface area contributed by atoms with E-state index in [0.717, 1.165) is 16.7 Å². The van der Waals surface area contributed by atoms with Crippen LogP contribution in [0.3, 0.4) is 0 Å². The number of hydrogen-bond acceptors (Lipinski definition) is 11. The molecule has 51 heavy (non-hydrogen) atoms. The zero-order valence-electron chi connectivity index (χ0n) is 29.5. The van der Waals surface area contributed by atoms with Crippen LogP contribution in [0.4, 0.5) is 0 Å². The number of hydrogen-bond donors (Lipinski definition) is 3. The second-order valence-electron chi connectivity index (χ2n) is 12.6. The molecule has 0 aliphatic rings. The molecule has 0 aliphatic heterocycles. The Balaban J connectivity index is 0.000000272. The summed E-state index contributed by atoms with van der Waals surface area (Å²) in [5.41, 5.74) is 9.15. The third kappa shape index (κ3) is 11.7. The summed E-state index contributed by atoms with van der Waals surface area (Å²) in [4.78, 5) is 12.7. The highest BCUT2D eigenvalue weighted by Crippen LogP contribution is 2.19. The number of rotatable bonds is 14. The van der Waals surface area contributed by atoms with Crippen LogP contribution >= 0.6 is 24.8 Å². The standard InChI is InChI=1S/C24H28N6O2S.C11H16N5OS/c1-24(2,3)23(31)26-21(16-32-15-18-10-6-5-7-11-18)22-27-28-30(29(22)4)33-17-20-13-9-8-12-19(20)14-25;1-15-11(13-14-16(15)18)10(12)8-17-7-9-5-3-2-4-6-9/h5-13,21H,15-17H2,1-4H3;2-6,10H,7-8,12H2,1H3,(H,14,18)/q;+1/p+1/t21-;10-/m11/s1. The van der Waals surface area contributed by atoms with Crippen molar-refractivity contribution < 1.29 is 23.6 Å². The van der Waals surface area contributed by atoms with E-state index in [2.05, 4.69) is 44.8 Å². The van der Waals surface area contributed by atoms with Crippen molar-refractivity contribution in [3.05, 3.63) is 119 Å². The van der Waals surface area contributed by atoms with Gasteiger partial charge in [-0.1, -0.05) is 99.6 Å². The van der Waals surface area contributed by atoms with Gasteiger partial charge in [0, 0.05) is 44.3 Å². The summed E-state index contributed by atoms with van der Waals surface area (Å²) in [6.45, 7) is 7.20. The molecule has 1 amide bonds. The number of aromatic nitrogens is 8. The van der Waals surface area contributed by atoms with Gasteiger partial charge in [0.1, 0.15) is 22.3 Å². The summed E-state index contributed by atoms with van der Waals surface area (Å²) in [5, 5.41) is 28.6. The number of nitrogens with one attached hydrogen (secondary N) is 1. The second-order valence-corrected chi connectivity index (χ2v) is 13.8. The van der Waals surface area contributed by atoms with Crippen LogP contribution in [0.5, 0.6) is 0 Å². The van der Waals surface area contributed by atoms with E-state index in [1.165, 1.54) is 16.1 Å². The Labute approximate surface area is 308 Å². The van der Waals surface area contributed by atoms with Gasteiger partial charge in [-0.25, -0.2) is 0 Å². The fourth-order valence-corrected chi connectivity index (χ4v) is 5.56. The van der Waals surface area contributed by atoms with Crippen molar-refractivity contribution in [3.63, 3.8) is 0 Å². The first-order valence-corrected chi connectivity index (χ1v) is 17.6. The lowest BCUT2D eigenvalue weighted by atomic mass is 9.95. The molecule has 16 heteroatoms. The molecule has 0 spiro atoms.